The van der Waals surface area contributed by atoms with E-state index in [4.69, 9.17) is 7.85 Å². The maximum absolute atomic E-state index is 5.59. The fourth-order valence-electron chi connectivity index (χ4n) is 0.961. The van der Waals surface area contributed by atoms with Gasteiger partial charge < -0.3 is 0 Å². The van der Waals surface area contributed by atoms with Gasteiger partial charge in [0.05, 0.1) is 0 Å². The summed E-state index contributed by atoms with van der Waals surface area (Å²) in [6.07, 6.45) is 1.80. The summed E-state index contributed by atoms with van der Waals surface area (Å²) >= 11 is 0. The van der Waals surface area contributed by atoms with Gasteiger partial charge in [-0.05, 0) is 12.5 Å². The number of rotatable bonds is 1. The SMILES string of the molecule is [B]c1cc(C)cc(C=C)c1. The monoisotopic (exact) mass is 128 g/mol. The Morgan fingerprint density at radius 3 is 2.60 bits per heavy atom. The number of hydrogen-bond donors (Lipinski definition) is 0. The highest BCUT2D eigenvalue weighted by Gasteiger charge is 1.88. The maximum Gasteiger partial charge on any atom is 0.113 e. The molecule has 1 heteroatoms. The van der Waals surface area contributed by atoms with Crippen molar-refractivity contribution in [3.05, 3.63) is 35.9 Å². The zero-order valence-electron chi connectivity index (χ0n) is 6.09. The third-order valence-corrected chi connectivity index (χ3v) is 1.36. The van der Waals surface area contributed by atoms with Crippen LogP contribution in [0, 0.1) is 6.92 Å². The van der Waals surface area contributed by atoms with Gasteiger partial charge in [0, 0.05) is 0 Å². The molecule has 0 atom stereocenters. The van der Waals surface area contributed by atoms with E-state index in [1.165, 1.54) is 5.56 Å². The molecule has 0 saturated carbocycles. The van der Waals surface area contributed by atoms with Crippen LogP contribution in [0.2, 0.25) is 0 Å². The molecule has 0 heterocycles. The Balaban J connectivity index is 3.18. The van der Waals surface area contributed by atoms with Gasteiger partial charge >= 0.3 is 0 Å². The second kappa shape index (κ2) is 2.74. The van der Waals surface area contributed by atoms with E-state index < -0.39 is 0 Å². The van der Waals surface area contributed by atoms with E-state index in [1.807, 2.05) is 25.1 Å². The first-order chi connectivity index (χ1) is 4.72. The van der Waals surface area contributed by atoms with Crippen LogP contribution >= 0.6 is 0 Å². The van der Waals surface area contributed by atoms with Crippen molar-refractivity contribution in [1.29, 1.82) is 0 Å². The van der Waals surface area contributed by atoms with Crippen molar-refractivity contribution >= 4 is 19.4 Å². The minimum Gasteiger partial charge on any atom is -0.0985 e. The molecule has 0 nitrogen and oxygen atoms in total. The zero-order valence-corrected chi connectivity index (χ0v) is 6.09. The van der Waals surface area contributed by atoms with Crippen molar-refractivity contribution in [2.24, 2.45) is 0 Å². The molecule has 2 radical (unpaired) electrons. The van der Waals surface area contributed by atoms with E-state index >= 15 is 0 Å². The van der Waals surface area contributed by atoms with Gasteiger partial charge in [-0.15, -0.1) is 0 Å². The van der Waals surface area contributed by atoms with E-state index in [2.05, 4.69) is 6.58 Å². The van der Waals surface area contributed by atoms with Gasteiger partial charge in [0.15, 0.2) is 0 Å². The van der Waals surface area contributed by atoms with Crippen LogP contribution in [0.4, 0.5) is 0 Å². The third kappa shape index (κ3) is 1.50. The normalized spacial score (nSPS) is 9.30. The summed E-state index contributed by atoms with van der Waals surface area (Å²) in [5.74, 6) is 0. The molecule has 0 aliphatic carbocycles. The smallest absolute Gasteiger partial charge is 0.0985 e. The van der Waals surface area contributed by atoms with Crippen LogP contribution in [-0.4, -0.2) is 7.85 Å². The average molecular weight is 128 g/mol. The lowest BCUT2D eigenvalue weighted by atomic mass is 9.92. The van der Waals surface area contributed by atoms with Crippen LogP contribution in [0.3, 0.4) is 0 Å². The van der Waals surface area contributed by atoms with Crippen LogP contribution in [0.15, 0.2) is 24.8 Å². The predicted molar refractivity (Wildman–Crippen MR) is 46.7 cm³/mol. The molecule has 1 aromatic carbocycles. The summed E-state index contributed by atoms with van der Waals surface area (Å²) in [5, 5.41) is 0. The molecule has 0 fully saturated rings. The number of aryl methyl sites for hydroxylation is 1. The van der Waals surface area contributed by atoms with Crippen molar-refractivity contribution in [2.45, 2.75) is 6.92 Å². The molecular weight excluding hydrogens is 119 g/mol. The van der Waals surface area contributed by atoms with E-state index in [9.17, 15) is 0 Å². The molecule has 0 saturated heterocycles. The fourth-order valence-corrected chi connectivity index (χ4v) is 0.961. The highest BCUT2D eigenvalue weighted by Crippen LogP contribution is 2.01. The van der Waals surface area contributed by atoms with Gasteiger partial charge in [-0.2, -0.15) is 0 Å². The number of benzene rings is 1. The molecule has 0 spiro atoms. The Morgan fingerprint density at radius 2 is 2.10 bits per heavy atom. The summed E-state index contributed by atoms with van der Waals surface area (Å²) in [7, 11) is 5.59. The molecule has 0 N–H and O–H groups in total. The maximum atomic E-state index is 5.59. The minimum absolute atomic E-state index is 0.801. The van der Waals surface area contributed by atoms with Gasteiger partial charge in [-0.25, -0.2) is 0 Å². The van der Waals surface area contributed by atoms with Gasteiger partial charge in [0.25, 0.3) is 0 Å². The molecule has 0 unspecified atom stereocenters. The van der Waals surface area contributed by atoms with Gasteiger partial charge in [0.2, 0.25) is 0 Å². The first kappa shape index (κ1) is 7.14. The molecule has 0 aliphatic heterocycles. The van der Waals surface area contributed by atoms with Crippen molar-refractivity contribution in [2.75, 3.05) is 0 Å². The van der Waals surface area contributed by atoms with Crippen LogP contribution in [0.25, 0.3) is 6.08 Å². The largest absolute Gasteiger partial charge is 0.113 e. The predicted octanol–water partition coefficient (Wildman–Crippen LogP) is 1.43. The molecular formula is C9H9B. The lowest BCUT2D eigenvalue weighted by molar-refractivity contribution is 1.48. The highest BCUT2D eigenvalue weighted by atomic mass is 13.9. The standard InChI is InChI=1S/C9H9B/c1-3-8-4-7(2)5-9(10)6-8/h3-6H,1H2,2H3. The topological polar surface area (TPSA) is 0 Å². The van der Waals surface area contributed by atoms with Gasteiger partial charge in [-0.3, -0.25) is 0 Å². The molecule has 10 heavy (non-hydrogen) atoms. The Morgan fingerprint density at radius 1 is 1.40 bits per heavy atom. The summed E-state index contributed by atoms with van der Waals surface area (Å²) < 4.78 is 0. The van der Waals surface area contributed by atoms with Crippen LogP contribution in [-0.2, 0) is 0 Å². The Labute approximate surface area is 63.0 Å². The quantitative estimate of drug-likeness (QED) is 0.502. The fraction of sp³-hybridized carbons (Fsp3) is 0.111. The van der Waals surface area contributed by atoms with Crippen molar-refractivity contribution in [3.8, 4) is 0 Å². The second-order valence-electron chi connectivity index (χ2n) is 2.38. The van der Waals surface area contributed by atoms with Crippen molar-refractivity contribution in [1.82, 2.24) is 0 Å². The van der Waals surface area contributed by atoms with Gasteiger partial charge in [0.1, 0.15) is 7.85 Å². The summed E-state index contributed by atoms with van der Waals surface area (Å²) in [5.41, 5.74) is 3.06. The molecule has 1 rings (SSSR count). The summed E-state index contributed by atoms with van der Waals surface area (Å²) in [6, 6.07) is 5.89. The molecule has 1 aromatic rings. The van der Waals surface area contributed by atoms with Crippen LogP contribution < -0.4 is 5.46 Å². The first-order valence-corrected chi connectivity index (χ1v) is 3.22. The van der Waals surface area contributed by atoms with Gasteiger partial charge in [-0.1, -0.05) is 41.9 Å². The molecule has 0 aliphatic rings. The Kier molecular flexibility index (Phi) is 1.95. The molecule has 0 bridgehead atoms. The lowest BCUT2D eigenvalue weighted by Gasteiger charge is -1.98. The van der Waals surface area contributed by atoms with Crippen LogP contribution in [0.1, 0.15) is 11.1 Å². The Bertz CT molecular complexity index is 231. The van der Waals surface area contributed by atoms with Crippen molar-refractivity contribution < 1.29 is 0 Å². The zero-order chi connectivity index (χ0) is 7.56. The van der Waals surface area contributed by atoms with E-state index in [-0.39, 0.29) is 0 Å². The number of hydrogen-bond acceptors (Lipinski definition) is 0. The molecule has 48 valence electrons. The minimum atomic E-state index is 0.801. The Hall–Kier alpha value is -0.975. The van der Waals surface area contributed by atoms with E-state index in [1.54, 1.807) is 6.08 Å². The first-order valence-electron chi connectivity index (χ1n) is 3.22. The van der Waals surface area contributed by atoms with Crippen molar-refractivity contribution in [3.63, 3.8) is 0 Å². The average Bonchev–Trinajstić information content (AvgIpc) is 1.85. The summed E-state index contributed by atoms with van der Waals surface area (Å²) in [6.45, 7) is 5.67. The van der Waals surface area contributed by atoms with E-state index in [0.717, 1.165) is 11.0 Å². The van der Waals surface area contributed by atoms with Crippen LogP contribution in [0.5, 0.6) is 0 Å². The summed E-state index contributed by atoms with van der Waals surface area (Å²) in [4.78, 5) is 0. The molecule has 0 aromatic heterocycles. The molecule has 0 amide bonds. The third-order valence-electron chi connectivity index (χ3n) is 1.36. The lowest BCUT2D eigenvalue weighted by Crippen LogP contribution is -2.02. The highest BCUT2D eigenvalue weighted by molar-refractivity contribution is 6.32. The second-order valence-corrected chi connectivity index (χ2v) is 2.38. The van der Waals surface area contributed by atoms with E-state index in [0.29, 0.717) is 0 Å².